The van der Waals surface area contributed by atoms with Gasteiger partial charge in [-0.1, -0.05) is 19.8 Å². The number of carboxylic acid groups (broad SMARTS) is 5. The van der Waals surface area contributed by atoms with Crippen molar-refractivity contribution in [2.24, 2.45) is 5.92 Å². The number of ether oxygens (including phenoxy) is 1. The summed E-state index contributed by atoms with van der Waals surface area (Å²) in [4.78, 5) is 70.5. The fraction of sp³-hybridized carbons (Fsp3) is 0.700. The zero-order chi connectivity index (χ0) is 29.0. The third-order valence-electron chi connectivity index (χ3n) is 5.29. The van der Waals surface area contributed by atoms with E-state index in [4.69, 9.17) is 9.29 Å². The van der Waals surface area contributed by atoms with E-state index in [0.717, 1.165) is 12.8 Å². The van der Waals surface area contributed by atoms with Crippen LogP contribution in [-0.2, 0) is 43.6 Å². The van der Waals surface area contributed by atoms with Crippen LogP contribution in [0.15, 0.2) is 0 Å². The number of carboxylic acids is 5. The number of hydrogen-bond acceptors (Lipinski definition) is 13. The van der Waals surface area contributed by atoms with Gasteiger partial charge in [-0.2, -0.15) is 8.42 Å². The minimum atomic E-state index is -5.51. The number of aliphatic carboxylic acids is 5. The molecule has 0 fully saturated rings. The maximum atomic E-state index is 12.9. The van der Waals surface area contributed by atoms with Gasteiger partial charge in [0.05, 0.1) is 30.2 Å². The van der Waals surface area contributed by atoms with Gasteiger partial charge in [-0.3, -0.25) is 14.1 Å². The predicted molar refractivity (Wildman–Crippen MR) is 110 cm³/mol. The fourth-order valence-corrected chi connectivity index (χ4v) is 3.97. The smallest absolute Gasteiger partial charge is 0.550 e. The van der Waals surface area contributed by atoms with Crippen LogP contribution in [0.2, 0.25) is 0 Å². The van der Waals surface area contributed by atoms with Crippen molar-refractivity contribution in [1.29, 1.82) is 0 Å². The summed E-state index contributed by atoms with van der Waals surface area (Å²) >= 11 is 0. The molecule has 0 rings (SSSR count). The van der Waals surface area contributed by atoms with E-state index in [2.05, 4.69) is 0 Å². The molecular formula is C20H27NNa4O15S. The van der Waals surface area contributed by atoms with Gasteiger partial charge in [-0.25, -0.2) is 0 Å². The van der Waals surface area contributed by atoms with E-state index in [9.17, 15) is 62.7 Å². The molecule has 21 heteroatoms. The minimum Gasteiger partial charge on any atom is -0.550 e. The Morgan fingerprint density at radius 2 is 1.34 bits per heavy atom. The molecule has 0 aliphatic heterocycles. The topological polar surface area (TPSA) is 282 Å². The molecule has 41 heavy (non-hydrogen) atoms. The molecule has 0 spiro atoms. The molecule has 2 N–H and O–H groups in total. The maximum absolute atomic E-state index is 12.9. The first-order valence-corrected chi connectivity index (χ1v) is 12.4. The van der Waals surface area contributed by atoms with Crippen LogP contribution < -0.4 is 139 Å². The van der Waals surface area contributed by atoms with Gasteiger partial charge < -0.3 is 54.3 Å². The second kappa shape index (κ2) is 24.9. The van der Waals surface area contributed by atoms with Crippen molar-refractivity contribution >= 4 is 45.9 Å². The number of carbonyl (C=O) groups excluding carboxylic acids is 5. The first-order chi connectivity index (χ1) is 17.0. The van der Waals surface area contributed by atoms with Crippen LogP contribution in [0.5, 0.6) is 0 Å². The number of carbonyl (C=O) groups is 6. The second-order valence-corrected chi connectivity index (χ2v) is 9.59. The molecule has 0 aromatic heterocycles. The zero-order valence-corrected chi connectivity index (χ0v) is 32.6. The van der Waals surface area contributed by atoms with Gasteiger partial charge in [-0.15, -0.1) is 0 Å². The Balaban J connectivity index is -0.00000108. The molecule has 0 saturated heterocycles. The average Bonchev–Trinajstić information content (AvgIpc) is 2.75. The fourth-order valence-electron chi connectivity index (χ4n) is 3.37. The molecule has 0 saturated carbocycles. The molecule has 0 aliphatic rings. The third kappa shape index (κ3) is 17.7. The summed E-state index contributed by atoms with van der Waals surface area (Å²) in [6, 6.07) is 0. The number of rotatable bonds is 20. The van der Waals surface area contributed by atoms with Crippen molar-refractivity contribution in [2.45, 2.75) is 62.7 Å². The molecule has 1 amide bonds. The van der Waals surface area contributed by atoms with Crippen LogP contribution >= 0.6 is 0 Å². The van der Waals surface area contributed by atoms with Gasteiger partial charge in [-0.05, 0) is 19.3 Å². The van der Waals surface area contributed by atoms with Crippen molar-refractivity contribution in [2.75, 3.05) is 19.8 Å². The third-order valence-corrected chi connectivity index (χ3v) is 6.36. The maximum Gasteiger partial charge on any atom is 1.00 e. The minimum absolute atomic E-state index is 0. The van der Waals surface area contributed by atoms with Crippen LogP contribution in [0.1, 0.15) is 51.9 Å². The summed E-state index contributed by atoms with van der Waals surface area (Å²) in [7, 11) is -5.51. The van der Waals surface area contributed by atoms with Gasteiger partial charge in [0.15, 0.2) is 0 Å². The van der Waals surface area contributed by atoms with Crippen molar-refractivity contribution < 1.29 is 190 Å². The second-order valence-electron chi connectivity index (χ2n) is 8.00. The van der Waals surface area contributed by atoms with Crippen LogP contribution in [0.4, 0.5) is 0 Å². The van der Waals surface area contributed by atoms with Gasteiger partial charge in [0.2, 0.25) is 5.91 Å². The standard InChI is InChI=1S/C20H31NO15S.4Na/c1-2-3-4-7-36-8-5-6-21(14(22)10-13(17(27)28)37(33,34)35)20(18(29)30,19(31)32)11-12(16(25)26)9-15(23)24;;;;/h12-13H,2-11H2,1H3,(H,23,24)(H,25,26)(H,27,28)(H,29,30)(H,31,32)(H,33,34,35);;;;/q;4*+1/p-4. The Bertz CT molecular complexity index is 966. The van der Waals surface area contributed by atoms with E-state index >= 15 is 0 Å². The zero-order valence-electron chi connectivity index (χ0n) is 23.8. The molecule has 0 aromatic carbocycles. The molecule has 0 aliphatic carbocycles. The van der Waals surface area contributed by atoms with Crippen LogP contribution in [0.3, 0.4) is 0 Å². The summed E-state index contributed by atoms with van der Waals surface area (Å²) in [5, 5.41) is 52.5. The van der Waals surface area contributed by atoms with Gasteiger partial charge in [0, 0.05) is 32.1 Å². The molecule has 0 aromatic rings. The molecule has 16 nitrogen and oxygen atoms in total. The van der Waals surface area contributed by atoms with E-state index in [0.29, 0.717) is 6.42 Å². The largest absolute Gasteiger partial charge is 1.00 e. The summed E-state index contributed by atoms with van der Waals surface area (Å²) in [6.45, 7) is 1.06. The Morgan fingerprint density at radius 3 is 1.71 bits per heavy atom. The van der Waals surface area contributed by atoms with Crippen LogP contribution in [0, 0.1) is 5.92 Å². The Kier molecular flexibility index (Phi) is 31.2. The summed E-state index contributed by atoms with van der Waals surface area (Å²) < 4.78 is 37.1. The molecule has 0 bridgehead atoms. The molecular weight excluding hydrogens is 618 g/mol. The SMILES string of the molecule is CCCCCOCCCN(C(=O)CC(C(=O)[O-])S(=O)(=O)O)C(CC(CC(=O)[O-])C(=O)O)(C(=O)[O-])C(=O)[O-].[Na+].[Na+].[Na+].[Na+]. The van der Waals surface area contributed by atoms with Crippen molar-refractivity contribution in [3.63, 3.8) is 0 Å². The predicted octanol–water partition coefficient (Wildman–Crippen LogP) is -17.7. The van der Waals surface area contributed by atoms with Crippen molar-refractivity contribution in [3.8, 4) is 0 Å². The summed E-state index contributed by atoms with van der Waals surface area (Å²) in [5.41, 5.74) is -3.70. The van der Waals surface area contributed by atoms with E-state index in [1.165, 1.54) is 0 Å². The average molecular weight is 645 g/mol. The number of amides is 1. The first-order valence-electron chi connectivity index (χ1n) is 10.9. The Morgan fingerprint density at radius 1 is 0.854 bits per heavy atom. The number of nitrogens with zero attached hydrogens (tertiary/aromatic N) is 1. The van der Waals surface area contributed by atoms with Gasteiger partial charge >= 0.3 is 124 Å². The first kappa shape index (κ1) is 51.3. The van der Waals surface area contributed by atoms with Crippen LogP contribution in [-0.4, -0.2) is 89.3 Å². The van der Waals surface area contributed by atoms with E-state index in [-0.39, 0.29) is 143 Å². The Labute approximate surface area is 325 Å². The van der Waals surface area contributed by atoms with Crippen molar-refractivity contribution in [3.05, 3.63) is 0 Å². The van der Waals surface area contributed by atoms with E-state index < -0.39 is 88.4 Å². The molecule has 0 radical (unpaired) electrons. The Hall–Kier alpha value is 0.690. The van der Waals surface area contributed by atoms with Crippen molar-refractivity contribution in [1.82, 2.24) is 4.90 Å². The van der Waals surface area contributed by atoms with Crippen LogP contribution in [0.25, 0.3) is 0 Å². The molecule has 2 unspecified atom stereocenters. The van der Waals surface area contributed by atoms with Gasteiger partial charge in [0.25, 0.3) is 10.1 Å². The van der Waals surface area contributed by atoms with E-state index in [1.807, 2.05) is 6.92 Å². The molecule has 0 heterocycles. The van der Waals surface area contributed by atoms with E-state index in [1.54, 1.807) is 0 Å². The number of unbranched alkanes of at least 4 members (excludes halogenated alkanes) is 2. The van der Waals surface area contributed by atoms with Gasteiger partial charge in [0.1, 0.15) is 10.8 Å². The molecule has 2 atom stereocenters. The monoisotopic (exact) mass is 645 g/mol. The summed E-state index contributed by atoms with van der Waals surface area (Å²) in [6.07, 6.45) is -2.78. The molecule has 212 valence electrons. The summed E-state index contributed by atoms with van der Waals surface area (Å²) in [5.74, 6) is -15.8. The number of hydrogen-bond donors (Lipinski definition) is 2. The normalized spacial score (nSPS) is 12.0. The quantitative estimate of drug-likeness (QED) is 0.0538.